The van der Waals surface area contributed by atoms with Gasteiger partial charge in [-0.05, 0) is 71.0 Å². The highest BCUT2D eigenvalue weighted by molar-refractivity contribution is 6.02. The maximum atomic E-state index is 13.8. The van der Waals surface area contributed by atoms with Crippen molar-refractivity contribution >= 4 is 5.97 Å². The van der Waals surface area contributed by atoms with Crippen molar-refractivity contribution in [3.8, 4) is 22.6 Å². The van der Waals surface area contributed by atoms with Crippen LogP contribution in [0, 0.1) is 13.8 Å². The van der Waals surface area contributed by atoms with Gasteiger partial charge in [-0.15, -0.1) is 0 Å². The first-order chi connectivity index (χ1) is 24.4. The van der Waals surface area contributed by atoms with Crippen LogP contribution >= 0.6 is 0 Å². The number of carbonyl (C=O) groups excluding carboxylic acids is 1. The molecule has 0 amide bonds. The summed E-state index contributed by atoms with van der Waals surface area (Å²) in [6, 6.07) is 23.1. The molecule has 3 unspecified atom stereocenters. The molecule has 0 N–H and O–H groups in total. The van der Waals surface area contributed by atoms with Crippen LogP contribution in [0.4, 0.5) is 0 Å². The van der Waals surface area contributed by atoms with Crippen molar-refractivity contribution in [3.05, 3.63) is 117 Å². The van der Waals surface area contributed by atoms with E-state index >= 15 is 0 Å². The van der Waals surface area contributed by atoms with Crippen molar-refractivity contribution in [1.82, 2.24) is 0 Å². The maximum absolute atomic E-state index is 13.8. The number of methoxy groups -OCH3 is 2. The van der Waals surface area contributed by atoms with E-state index in [-0.39, 0.29) is 30.9 Å². The molecular formula is C41H42O9. The van der Waals surface area contributed by atoms with Crippen molar-refractivity contribution in [3.63, 3.8) is 0 Å². The molecular weight excluding hydrogens is 636 g/mol. The van der Waals surface area contributed by atoms with Crippen LogP contribution < -0.4 is 9.47 Å². The van der Waals surface area contributed by atoms with Crippen molar-refractivity contribution < 1.29 is 42.7 Å². The van der Waals surface area contributed by atoms with Gasteiger partial charge in [0.2, 0.25) is 0 Å². The summed E-state index contributed by atoms with van der Waals surface area (Å²) >= 11 is 0. The summed E-state index contributed by atoms with van der Waals surface area (Å²) in [4.78, 5) is 13.8. The standard InChI is InChI=1S/C41H42O9/c1-24-12-28(14-26(16-43-3)38(24)48-21-30-18-45-30)41(29-13-25(2)39(27(15-29)17-44-4)49-22-31-19-46-31)35-10-6-5-8-33(35)37-34(9-7-11-36(37)41)40(42)50-23-32-20-47-32/h5-15,30-32H,16-23H2,1-4H3. The normalized spacial score (nSPS) is 22.4. The van der Waals surface area contributed by atoms with Crippen molar-refractivity contribution in [2.24, 2.45) is 0 Å². The highest BCUT2D eigenvalue weighted by atomic mass is 16.6. The second-order valence-electron chi connectivity index (χ2n) is 13.5. The average Bonchev–Trinajstić information content (AvgIpc) is 3.97. The first kappa shape index (κ1) is 32.9. The second kappa shape index (κ2) is 13.5. The SMILES string of the molecule is COCc1cc(C2(c3cc(C)c(OCC4CO4)c(COC)c3)c3ccccc3-c3c(C(=O)OCC4CO4)cccc32)cc(C)c1OCC1CO1. The first-order valence-corrected chi connectivity index (χ1v) is 17.2. The highest BCUT2D eigenvalue weighted by Gasteiger charge is 2.48. The molecule has 1 aliphatic carbocycles. The molecule has 0 bridgehead atoms. The predicted octanol–water partition coefficient (Wildman–Crippen LogP) is 6.07. The Hall–Kier alpha value is -4.25. The minimum Gasteiger partial charge on any atom is -0.490 e. The Morgan fingerprint density at radius 2 is 1.22 bits per heavy atom. The van der Waals surface area contributed by atoms with Gasteiger partial charge in [0.25, 0.3) is 0 Å². The van der Waals surface area contributed by atoms with Gasteiger partial charge in [-0.2, -0.15) is 0 Å². The van der Waals surface area contributed by atoms with Gasteiger partial charge in [0.1, 0.15) is 49.6 Å². The number of epoxide rings is 3. The van der Waals surface area contributed by atoms with Gasteiger partial charge in [0, 0.05) is 30.9 Å². The molecule has 3 aliphatic heterocycles. The number of rotatable bonds is 15. The molecule has 3 fully saturated rings. The average molecular weight is 679 g/mol. The molecule has 3 saturated heterocycles. The molecule has 8 rings (SSSR count). The quantitative estimate of drug-likeness (QED) is 0.0965. The largest absolute Gasteiger partial charge is 0.490 e. The number of benzene rings is 4. The topological polar surface area (TPSA) is 101 Å². The predicted molar refractivity (Wildman–Crippen MR) is 185 cm³/mol. The van der Waals surface area contributed by atoms with Crippen LogP contribution in [0.5, 0.6) is 11.5 Å². The van der Waals surface area contributed by atoms with E-state index in [9.17, 15) is 4.79 Å². The van der Waals surface area contributed by atoms with Gasteiger partial charge < -0.3 is 37.9 Å². The lowest BCUT2D eigenvalue weighted by Gasteiger charge is -2.36. The van der Waals surface area contributed by atoms with E-state index in [0.29, 0.717) is 51.8 Å². The van der Waals surface area contributed by atoms with Gasteiger partial charge in [-0.25, -0.2) is 4.79 Å². The Morgan fingerprint density at radius 1 is 0.700 bits per heavy atom. The van der Waals surface area contributed by atoms with Gasteiger partial charge in [-0.3, -0.25) is 0 Å². The number of fused-ring (bicyclic) bond motifs is 3. The van der Waals surface area contributed by atoms with Crippen molar-refractivity contribution in [2.45, 2.75) is 50.8 Å². The van der Waals surface area contributed by atoms with Crippen LogP contribution in [0.1, 0.15) is 54.9 Å². The zero-order valence-electron chi connectivity index (χ0n) is 28.9. The van der Waals surface area contributed by atoms with E-state index in [1.165, 1.54) is 0 Å². The maximum Gasteiger partial charge on any atom is 0.338 e. The summed E-state index contributed by atoms with van der Waals surface area (Å²) in [6.45, 7) is 8.11. The Labute approximate surface area is 292 Å². The van der Waals surface area contributed by atoms with Gasteiger partial charge in [-0.1, -0.05) is 48.5 Å². The minimum atomic E-state index is -0.835. The number of carbonyl (C=O) groups is 1. The van der Waals surface area contributed by atoms with E-state index in [0.717, 1.165) is 67.1 Å². The van der Waals surface area contributed by atoms with E-state index in [1.807, 2.05) is 18.2 Å². The molecule has 3 atom stereocenters. The summed E-state index contributed by atoms with van der Waals surface area (Å²) in [6.07, 6.45) is 0.192. The molecule has 50 heavy (non-hydrogen) atoms. The molecule has 4 aliphatic rings. The summed E-state index contributed by atoms with van der Waals surface area (Å²) in [5.74, 6) is 1.23. The summed E-state index contributed by atoms with van der Waals surface area (Å²) in [5, 5.41) is 0. The molecule has 9 heteroatoms. The molecule has 0 saturated carbocycles. The first-order valence-electron chi connectivity index (χ1n) is 17.2. The summed E-state index contributed by atoms with van der Waals surface area (Å²) in [7, 11) is 3.39. The lowest BCUT2D eigenvalue weighted by atomic mass is 9.66. The smallest absolute Gasteiger partial charge is 0.338 e. The zero-order valence-corrected chi connectivity index (χ0v) is 28.9. The molecule has 0 radical (unpaired) electrons. The van der Waals surface area contributed by atoms with Crippen LogP contribution in [-0.2, 0) is 47.0 Å². The third-order valence-electron chi connectivity index (χ3n) is 9.89. The fraction of sp³-hybridized carbons (Fsp3) is 0.390. The Balaban J connectivity index is 1.38. The Bertz CT molecular complexity index is 1850. The van der Waals surface area contributed by atoms with Crippen LogP contribution in [0.2, 0.25) is 0 Å². The molecule has 260 valence electrons. The van der Waals surface area contributed by atoms with E-state index < -0.39 is 5.41 Å². The summed E-state index contributed by atoms with van der Waals surface area (Å²) < 4.78 is 46.3. The van der Waals surface area contributed by atoms with Gasteiger partial charge in [0.05, 0.1) is 44.0 Å². The highest BCUT2D eigenvalue weighted by Crippen LogP contribution is 2.58. The van der Waals surface area contributed by atoms with Crippen LogP contribution in [0.25, 0.3) is 11.1 Å². The van der Waals surface area contributed by atoms with Gasteiger partial charge >= 0.3 is 5.97 Å². The monoisotopic (exact) mass is 678 g/mol. The van der Waals surface area contributed by atoms with Crippen LogP contribution in [0.15, 0.2) is 66.7 Å². The zero-order chi connectivity index (χ0) is 34.4. The third kappa shape index (κ3) is 6.07. The molecule has 9 nitrogen and oxygen atoms in total. The lowest BCUT2D eigenvalue weighted by molar-refractivity contribution is 0.0477. The van der Waals surface area contributed by atoms with Crippen LogP contribution in [-0.4, -0.2) is 78.1 Å². The van der Waals surface area contributed by atoms with E-state index in [2.05, 4.69) is 62.4 Å². The summed E-state index contributed by atoms with van der Waals surface area (Å²) in [5.41, 5.74) is 9.48. The fourth-order valence-corrected chi connectivity index (χ4v) is 7.44. The fourth-order valence-electron chi connectivity index (χ4n) is 7.44. The molecule has 0 spiro atoms. The number of aryl methyl sites for hydroxylation is 2. The van der Waals surface area contributed by atoms with Crippen molar-refractivity contribution in [2.75, 3.05) is 53.9 Å². The Kier molecular flexibility index (Phi) is 8.87. The second-order valence-corrected chi connectivity index (χ2v) is 13.5. The van der Waals surface area contributed by atoms with E-state index in [1.54, 1.807) is 14.2 Å². The third-order valence-corrected chi connectivity index (χ3v) is 9.89. The number of esters is 1. The molecule has 4 aromatic rings. The van der Waals surface area contributed by atoms with Gasteiger partial charge in [0.15, 0.2) is 0 Å². The number of ether oxygens (including phenoxy) is 8. The lowest BCUT2D eigenvalue weighted by Crippen LogP contribution is -2.30. The van der Waals surface area contributed by atoms with E-state index in [4.69, 9.17) is 37.9 Å². The Morgan fingerprint density at radius 3 is 1.76 bits per heavy atom. The molecule has 3 heterocycles. The minimum absolute atomic E-state index is 0.0362. The number of hydrogen-bond acceptors (Lipinski definition) is 9. The van der Waals surface area contributed by atoms with Crippen molar-refractivity contribution in [1.29, 1.82) is 0 Å². The van der Waals surface area contributed by atoms with Crippen LogP contribution in [0.3, 0.4) is 0 Å². The molecule has 0 aromatic heterocycles. The number of hydrogen-bond donors (Lipinski definition) is 0. The molecule has 4 aromatic carbocycles.